The molecule has 1 saturated heterocycles. The van der Waals surface area contributed by atoms with E-state index in [1.54, 1.807) is 0 Å². The molecule has 2 rings (SSSR count). The molecule has 1 aromatic rings. The number of halogens is 2. The molecule has 0 radical (unpaired) electrons. The summed E-state index contributed by atoms with van der Waals surface area (Å²) < 4.78 is 4.45. The van der Waals surface area contributed by atoms with Crippen LogP contribution in [0.2, 0.25) is 10.0 Å². The molecule has 100 valence electrons. The van der Waals surface area contributed by atoms with E-state index in [1.165, 1.54) is 25.1 Å². The second-order valence-corrected chi connectivity index (χ2v) is 4.90. The quantitative estimate of drug-likeness (QED) is 0.620. The van der Waals surface area contributed by atoms with Crippen molar-refractivity contribution in [3.8, 4) is 0 Å². The van der Waals surface area contributed by atoms with Crippen molar-refractivity contribution in [1.29, 1.82) is 0 Å². The Morgan fingerprint density at radius 2 is 1.84 bits per heavy atom. The smallest absolute Gasteiger partial charge is 0.337 e. The van der Waals surface area contributed by atoms with E-state index in [0.29, 0.717) is 15.7 Å². The molecule has 1 amide bonds. The lowest BCUT2D eigenvalue weighted by atomic mass is 10.1. The number of esters is 2. The topological polar surface area (TPSA) is 63.7 Å². The summed E-state index contributed by atoms with van der Waals surface area (Å²) in [5.74, 6) is -1.82. The van der Waals surface area contributed by atoms with E-state index in [-0.39, 0.29) is 6.42 Å². The average Bonchev–Trinajstić information content (AvgIpc) is 2.56. The van der Waals surface area contributed by atoms with Gasteiger partial charge in [-0.3, -0.25) is 14.5 Å². The molecule has 1 aromatic carbocycles. The number of ether oxygens (including phenoxy) is 1. The molecule has 0 N–H and O–H groups in total. The van der Waals surface area contributed by atoms with Crippen molar-refractivity contribution in [3.05, 3.63) is 28.2 Å². The second-order valence-electron chi connectivity index (χ2n) is 4.03. The van der Waals surface area contributed by atoms with Crippen molar-refractivity contribution < 1.29 is 19.1 Å². The summed E-state index contributed by atoms with van der Waals surface area (Å²) in [7, 11) is 0. The van der Waals surface area contributed by atoms with Crippen molar-refractivity contribution >= 4 is 46.7 Å². The fourth-order valence-corrected chi connectivity index (χ4v) is 2.43. The van der Waals surface area contributed by atoms with Gasteiger partial charge in [0.05, 0.1) is 6.42 Å². The highest BCUT2D eigenvalue weighted by atomic mass is 35.5. The molecule has 0 aliphatic carbocycles. The van der Waals surface area contributed by atoms with E-state index in [1.807, 2.05) is 0 Å². The molecular formula is C12H9Cl2NO4. The Bertz CT molecular complexity index is 553. The Labute approximate surface area is 119 Å². The number of rotatable bonds is 2. The summed E-state index contributed by atoms with van der Waals surface area (Å²) in [5, 5.41) is 0.651. The summed E-state index contributed by atoms with van der Waals surface area (Å²) >= 11 is 11.7. The largest absolute Gasteiger partial charge is 0.392 e. The molecule has 7 heteroatoms. The SMILES string of the molecule is CC(=O)N(c1cc(Cl)cc(Cl)c1)[C@@H]1CC(=O)OC1=O. The fraction of sp³-hybridized carbons (Fsp3) is 0.250. The summed E-state index contributed by atoms with van der Waals surface area (Å²) in [4.78, 5) is 35.6. The number of anilines is 1. The van der Waals surface area contributed by atoms with E-state index < -0.39 is 23.9 Å². The first-order valence-electron chi connectivity index (χ1n) is 5.39. The van der Waals surface area contributed by atoms with Gasteiger partial charge in [0, 0.05) is 22.7 Å². The van der Waals surface area contributed by atoms with Crippen molar-refractivity contribution in [3.63, 3.8) is 0 Å². The van der Waals surface area contributed by atoms with E-state index in [9.17, 15) is 14.4 Å². The van der Waals surface area contributed by atoms with Gasteiger partial charge in [0.15, 0.2) is 0 Å². The summed E-state index contributed by atoms with van der Waals surface area (Å²) in [6.45, 7) is 1.28. The predicted molar refractivity (Wildman–Crippen MR) is 69.1 cm³/mol. The number of carbonyl (C=O) groups is 3. The maximum atomic E-state index is 11.7. The Balaban J connectivity index is 2.43. The highest BCUT2D eigenvalue weighted by molar-refractivity contribution is 6.35. The minimum atomic E-state index is -0.973. The van der Waals surface area contributed by atoms with Gasteiger partial charge in [-0.2, -0.15) is 0 Å². The highest BCUT2D eigenvalue weighted by Gasteiger charge is 2.40. The predicted octanol–water partition coefficient (Wildman–Crippen LogP) is 2.19. The van der Waals surface area contributed by atoms with Crippen LogP contribution in [0, 0.1) is 0 Å². The number of cyclic esters (lactones) is 2. The van der Waals surface area contributed by atoms with Gasteiger partial charge >= 0.3 is 11.9 Å². The molecule has 0 aromatic heterocycles. The average molecular weight is 302 g/mol. The van der Waals surface area contributed by atoms with Gasteiger partial charge < -0.3 is 4.74 Å². The number of benzene rings is 1. The minimum Gasteiger partial charge on any atom is -0.392 e. The van der Waals surface area contributed by atoms with Crippen LogP contribution in [0.1, 0.15) is 13.3 Å². The molecule has 1 aliphatic rings. The van der Waals surface area contributed by atoms with Gasteiger partial charge in [-0.1, -0.05) is 23.2 Å². The third-order valence-corrected chi connectivity index (χ3v) is 3.06. The molecular weight excluding hydrogens is 293 g/mol. The van der Waals surface area contributed by atoms with Gasteiger partial charge in [0.2, 0.25) is 5.91 Å². The Morgan fingerprint density at radius 1 is 1.26 bits per heavy atom. The normalized spacial score (nSPS) is 18.4. The standard InChI is InChI=1S/C12H9Cl2NO4/c1-6(16)15(10-5-11(17)19-12(10)18)9-3-7(13)2-8(14)4-9/h2-4,10H,5H2,1H3/t10-/m1/s1. The zero-order valence-electron chi connectivity index (χ0n) is 9.85. The summed E-state index contributed by atoms with van der Waals surface area (Å²) in [6.07, 6.45) is -0.178. The van der Waals surface area contributed by atoms with Crippen LogP contribution in [0.4, 0.5) is 5.69 Å². The van der Waals surface area contributed by atoms with Crippen LogP contribution in [-0.4, -0.2) is 23.9 Å². The van der Waals surface area contributed by atoms with Gasteiger partial charge in [-0.25, -0.2) is 4.79 Å². The van der Waals surface area contributed by atoms with Crippen LogP contribution in [0.25, 0.3) is 0 Å². The maximum Gasteiger partial charge on any atom is 0.337 e. The lowest BCUT2D eigenvalue weighted by Crippen LogP contribution is -2.42. The molecule has 1 aliphatic heterocycles. The first-order valence-corrected chi connectivity index (χ1v) is 6.14. The molecule has 5 nitrogen and oxygen atoms in total. The molecule has 0 unspecified atom stereocenters. The van der Waals surface area contributed by atoms with E-state index in [2.05, 4.69) is 4.74 Å². The van der Waals surface area contributed by atoms with Crippen LogP contribution in [0.15, 0.2) is 18.2 Å². The third kappa shape index (κ3) is 2.88. The van der Waals surface area contributed by atoms with Crippen molar-refractivity contribution in [2.75, 3.05) is 4.90 Å². The number of hydrogen-bond acceptors (Lipinski definition) is 4. The van der Waals surface area contributed by atoms with E-state index in [4.69, 9.17) is 23.2 Å². The number of hydrogen-bond donors (Lipinski definition) is 0. The van der Waals surface area contributed by atoms with Crippen LogP contribution in [0.5, 0.6) is 0 Å². The van der Waals surface area contributed by atoms with Gasteiger partial charge in [0.25, 0.3) is 0 Å². The number of nitrogens with zero attached hydrogens (tertiary/aromatic N) is 1. The molecule has 19 heavy (non-hydrogen) atoms. The highest BCUT2D eigenvalue weighted by Crippen LogP contribution is 2.29. The van der Waals surface area contributed by atoms with Crippen LogP contribution < -0.4 is 4.90 Å². The van der Waals surface area contributed by atoms with Crippen molar-refractivity contribution in [1.82, 2.24) is 0 Å². The maximum absolute atomic E-state index is 11.7. The Kier molecular flexibility index (Phi) is 3.78. The molecule has 1 fully saturated rings. The van der Waals surface area contributed by atoms with Gasteiger partial charge in [-0.15, -0.1) is 0 Å². The molecule has 0 spiro atoms. The Hall–Kier alpha value is -1.59. The van der Waals surface area contributed by atoms with Crippen LogP contribution in [-0.2, 0) is 19.1 Å². The zero-order chi connectivity index (χ0) is 14.2. The molecule has 0 saturated carbocycles. The second kappa shape index (κ2) is 5.19. The van der Waals surface area contributed by atoms with E-state index >= 15 is 0 Å². The zero-order valence-corrected chi connectivity index (χ0v) is 11.4. The first-order chi connectivity index (χ1) is 8.88. The molecule has 0 bridgehead atoms. The van der Waals surface area contributed by atoms with Crippen molar-refractivity contribution in [2.45, 2.75) is 19.4 Å². The van der Waals surface area contributed by atoms with Gasteiger partial charge in [0.1, 0.15) is 6.04 Å². The number of carbonyl (C=O) groups excluding carboxylic acids is 3. The molecule has 1 atom stereocenters. The fourth-order valence-electron chi connectivity index (χ4n) is 1.92. The molecule has 1 heterocycles. The first kappa shape index (κ1) is 13.8. The van der Waals surface area contributed by atoms with Crippen LogP contribution in [0.3, 0.4) is 0 Å². The monoisotopic (exact) mass is 301 g/mol. The minimum absolute atomic E-state index is 0.178. The Morgan fingerprint density at radius 3 is 2.26 bits per heavy atom. The van der Waals surface area contributed by atoms with Gasteiger partial charge in [-0.05, 0) is 18.2 Å². The van der Waals surface area contributed by atoms with Crippen LogP contribution >= 0.6 is 23.2 Å². The summed E-state index contributed by atoms with van der Waals surface area (Å²) in [5.41, 5.74) is 0.349. The summed E-state index contributed by atoms with van der Waals surface area (Å²) in [6, 6.07) is 3.51. The van der Waals surface area contributed by atoms with Crippen molar-refractivity contribution in [2.24, 2.45) is 0 Å². The van der Waals surface area contributed by atoms with E-state index in [0.717, 1.165) is 4.90 Å². The number of amides is 1. The lowest BCUT2D eigenvalue weighted by molar-refractivity contribution is -0.152. The third-order valence-electron chi connectivity index (χ3n) is 2.62. The lowest BCUT2D eigenvalue weighted by Gasteiger charge is -2.25.